The summed E-state index contributed by atoms with van der Waals surface area (Å²) in [7, 11) is 0. The summed E-state index contributed by atoms with van der Waals surface area (Å²) < 4.78 is 23.9. The van der Waals surface area contributed by atoms with Gasteiger partial charge in [-0.1, -0.05) is 23.5 Å². The Hall–Kier alpha value is -2.44. The third-order valence-electron chi connectivity index (χ3n) is 3.10. The minimum absolute atomic E-state index is 0.0817. The fraction of sp³-hybridized carbons (Fsp3) is 0.118. The lowest BCUT2D eigenvalue weighted by Crippen LogP contribution is -2.09. The van der Waals surface area contributed by atoms with Gasteiger partial charge in [0, 0.05) is 11.6 Å². The molecule has 0 radical (unpaired) electrons. The van der Waals surface area contributed by atoms with Crippen molar-refractivity contribution in [1.82, 2.24) is 4.98 Å². The SMILES string of the molecule is OC(COc1ccc(Oc2nccs2)cc1)c1ccc(F)cc1. The van der Waals surface area contributed by atoms with Crippen LogP contribution in [0.1, 0.15) is 11.7 Å². The summed E-state index contributed by atoms with van der Waals surface area (Å²) in [6, 6.07) is 12.7. The fourth-order valence-corrected chi connectivity index (χ4v) is 2.43. The molecule has 0 aliphatic carbocycles. The summed E-state index contributed by atoms with van der Waals surface area (Å²) >= 11 is 1.41. The molecule has 3 aromatic rings. The smallest absolute Gasteiger partial charge is 0.278 e. The van der Waals surface area contributed by atoms with Crippen molar-refractivity contribution >= 4 is 11.3 Å². The maximum absolute atomic E-state index is 12.8. The number of thiazole rings is 1. The summed E-state index contributed by atoms with van der Waals surface area (Å²) in [4.78, 5) is 4.04. The van der Waals surface area contributed by atoms with Crippen LogP contribution in [0, 0.1) is 5.82 Å². The molecule has 0 aliphatic heterocycles. The molecule has 1 unspecified atom stereocenters. The third kappa shape index (κ3) is 4.28. The molecule has 0 fully saturated rings. The monoisotopic (exact) mass is 331 g/mol. The molecule has 2 aromatic carbocycles. The zero-order valence-corrected chi connectivity index (χ0v) is 12.9. The molecule has 1 heterocycles. The molecule has 0 saturated heterocycles. The standard InChI is InChI=1S/C17H14FNO3S/c18-13-3-1-12(2-4-13)16(20)11-21-14-5-7-15(8-6-14)22-17-19-9-10-23-17/h1-10,16,20H,11H2. The Balaban J connectivity index is 1.54. The molecule has 1 N–H and O–H groups in total. The second kappa shape index (κ2) is 7.21. The van der Waals surface area contributed by atoms with E-state index in [0.29, 0.717) is 22.3 Å². The summed E-state index contributed by atoms with van der Waals surface area (Å²) in [5.74, 6) is 0.932. The second-order valence-electron chi connectivity index (χ2n) is 4.75. The Morgan fingerprint density at radius 1 is 1.04 bits per heavy atom. The molecule has 0 saturated carbocycles. The lowest BCUT2D eigenvalue weighted by atomic mass is 10.1. The van der Waals surface area contributed by atoms with Gasteiger partial charge in [-0.15, -0.1) is 0 Å². The Morgan fingerprint density at radius 2 is 1.74 bits per heavy atom. The first-order valence-corrected chi connectivity index (χ1v) is 7.82. The van der Waals surface area contributed by atoms with Gasteiger partial charge in [0.1, 0.15) is 30.0 Å². The maximum atomic E-state index is 12.8. The second-order valence-corrected chi connectivity index (χ2v) is 5.61. The van der Waals surface area contributed by atoms with Gasteiger partial charge in [-0.25, -0.2) is 9.37 Å². The van der Waals surface area contributed by atoms with Crippen LogP contribution in [0.25, 0.3) is 0 Å². The number of rotatable bonds is 6. The number of hydrogen-bond donors (Lipinski definition) is 1. The van der Waals surface area contributed by atoms with E-state index in [0.717, 1.165) is 0 Å². The first kappa shape index (κ1) is 15.5. The van der Waals surface area contributed by atoms with Crippen molar-refractivity contribution in [3.63, 3.8) is 0 Å². The molecular weight excluding hydrogens is 317 g/mol. The van der Waals surface area contributed by atoms with Crippen molar-refractivity contribution in [1.29, 1.82) is 0 Å². The number of halogens is 1. The highest BCUT2D eigenvalue weighted by molar-refractivity contribution is 7.11. The van der Waals surface area contributed by atoms with E-state index in [2.05, 4.69) is 4.98 Å². The van der Waals surface area contributed by atoms with Gasteiger partial charge in [-0.2, -0.15) is 0 Å². The van der Waals surface area contributed by atoms with Crippen LogP contribution in [0.2, 0.25) is 0 Å². The van der Waals surface area contributed by atoms with Gasteiger partial charge in [0.05, 0.1) is 0 Å². The minimum atomic E-state index is -0.818. The molecule has 1 aromatic heterocycles. The maximum Gasteiger partial charge on any atom is 0.278 e. The summed E-state index contributed by atoms with van der Waals surface area (Å²) in [6.07, 6.45) is 0.857. The average Bonchev–Trinajstić information content (AvgIpc) is 3.07. The van der Waals surface area contributed by atoms with Crippen molar-refractivity contribution < 1.29 is 19.0 Å². The molecular formula is C17H14FNO3S. The number of aliphatic hydroxyl groups is 1. The fourth-order valence-electron chi connectivity index (χ4n) is 1.92. The van der Waals surface area contributed by atoms with Crippen LogP contribution < -0.4 is 9.47 Å². The molecule has 6 heteroatoms. The van der Waals surface area contributed by atoms with Crippen LogP contribution in [0.5, 0.6) is 16.7 Å². The topological polar surface area (TPSA) is 51.6 Å². The third-order valence-corrected chi connectivity index (χ3v) is 3.75. The molecule has 0 bridgehead atoms. The van der Waals surface area contributed by atoms with Gasteiger partial charge in [0.2, 0.25) is 0 Å². The van der Waals surface area contributed by atoms with Crippen LogP contribution in [0.15, 0.2) is 60.1 Å². The van der Waals surface area contributed by atoms with E-state index < -0.39 is 6.10 Å². The predicted molar refractivity (Wildman–Crippen MR) is 85.5 cm³/mol. The number of aromatic nitrogens is 1. The highest BCUT2D eigenvalue weighted by atomic mass is 32.1. The summed E-state index contributed by atoms with van der Waals surface area (Å²) in [5.41, 5.74) is 0.607. The van der Waals surface area contributed by atoms with Crippen LogP contribution in [-0.4, -0.2) is 16.7 Å². The van der Waals surface area contributed by atoms with Crippen LogP contribution in [-0.2, 0) is 0 Å². The Labute approximate surface area is 136 Å². The van der Waals surface area contributed by atoms with E-state index in [9.17, 15) is 9.50 Å². The molecule has 1 atom stereocenters. The number of ether oxygens (including phenoxy) is 2. The number of nitrogens with zero attached hydrogens (tertiary/aromatic N) is 1. The quantitative estimate of drug-likeness (QED) is 0.736. The molecule has 0 aliphatic rings. The zero-order chi connectivity index (χ0) is 16.1. The van der Waals surface area contributed by atoms with Crippen LogP contribution in [0.3, 0.4) is 0 Å². The van der Waals surface area contributed by atoms with Gasteiger partial charge >= 0.3 is 0 Å². The molecule has 118 valence electrons. The van der Waals surface area contributed by atoms with E-state index in [1.165, 1.54) is 35.6 Å². The van der Waals surface area contributed by atoms with Crippen molar-refractivity contribution in [2.24, 2.45) is 0 Å². The first-order valence-electron chi connectivity index (χ1n) is 6.94. The van der Waals surface area contributed by atoms with E-state index in [1.807, 2.05) is 5.38 Å². The normalized spacial score (nSPS) is 11.9. The Kier molecular flexibility index (Phi) is 4.85. The number of benzene rings is 2. The van der Waals surface area contributed by atoms with E-state index in [1.54, 1.807) is 30.5 Å². The Morgan fingerprint density at radius 3 is 2.39 bits per heavy atom. The minimum Gasteiger partial charge on any atom is -0.491 e. The summed E-state index contributed by atoms with van der Waals surface area (Å²) in [6.45, 7) is 0.0817. The zero-order valence-electron chi connectivity index (χ0n) is 12.1. The van der Waals surface area contributed by atoms with Crippen molar-refractivity contribution in [2.45, 2.75) is 6.10 Å². The van der Waals surface area contributed by atoms with E-state index in [-0.39, 0.29) is 12.4 Å². The Bertz CT molecular complexity index is 730. The molecule has 3 rings (SSSR count). The van der Waals surface area contributed by atoms with Gasteiger partial charge in [0.25, 0.3) is 5.19 Å². The highest BCUT2D eigenvalue weighted by Gasteiger charge is 2.09. The van der Waals surface area contributed by atoms with Gasteiger partial charge in [0.15, 0.2) is 0 Å². The molecule has 4 nitrogen and oxygen atoms in total. The number of aliphatic hydroxyl groups excluding tert-OH is 1. The lowest BCUT2D eigenvalue weighted by Gasteiger charge is -2.13. The predicted octanol–water partition coefficient (Wildman–Crippen LogP) is 4.19. The molecule has 0 spiro atoms. The van der Waals surface area contributed by atoms with Crippen LogP contribution in [0.4, 0.5) is 4.39 Å². The largest absolute Gasteiger partial charge is 0.491 e. The lowest BCUT2D eigenvalue weighted by molar-refractivity contribution is 0.108. The van der Waals surface area contributed by atoms with E-state index >= 15 is 0 Å². The van der Waals surface area contributed by atoms with Crippen molar-refractivity contribution in [3.05, 3.63) is 71.5 Å². The van der Waals surface area contributed by atoms with Gasteiger partial charge in [-0.05, 0) is 42.0 Å². The van der Waals surface area contributed by atoms with Gasteiger partial charge in [-0.3, -0.25) is 0 Å². The molecule has 23 heavy (non-hydrogen) atoms. The molecule has 0 amide bonds. The van der Waals surface area contributed by atoms with Crippen molar-refractivity contribution in [2.75, 3.05) is 6.61 Å². The van der Waals surface area contributed by atoms with Gasteiger partial charge < -0.3 is 14.6 Å². The number of hydrogen-bond acceptors (Lipinski definition) is 5. The van der Waals surface area contributed by atoms with Crippen molar-refractivity contribution in [3.8, 4) is 16.7 Å². The summed E-state index contributed by atoms with van der Waals surface area (Å²) in [5, 5.41) is 12.4. The highest BCUT2D eigenvalue weighted by Crippen LogP contribution is 2.25. The van der Waals surface area contributed by atoms with Crippen LogP contribution >= 0.6 is 11.3 Å². The average molecular weight is 331 g/mol. The first-order chi connectivity index (χ1) is 11.2. The van der Waals surface area contributed by atoms with E-state index in [4.69, 9.17) is 9.47 Å².